The van der Waals surface area contributed by atoms with Gasteiger partial charge in [-0.05, 0) is 42.3 Å². The van der Waals surface area contributed by atoms with E-state index < -0.39 is 5.82 Å². The van der Waals surface area contributed by atoms with Crippen LogP contribution in [-0.2, 0) is 13.6 Å². The number of nitrogens with zero attached hydrogens (tertiary/aromatic N) is 5. The van der Waals surface area contributed by atoms with E-state index >= 15 is 0 Å². The number of aliphatic hydroxyl groups excluding tert-OH is 1. The summed E-state index contributed by atoms with van der Waals surface area (Å²) in [6, 6.07) is 8.03. The van der Waals surface area contributed by atoms with E-state index in [-0.39, 0.29) is 11.9 Å². The first-order chi connectivity index (χ1) is 14.5. The highest BCUT2D eigenvalue weighted by molar-refractivity contribution is 5.84. The Bertz CT molecular complexity index is 1220. The van der Waals surface area contributed by atoms with E-state index in [0.717, 1.165) is 34.3 Å². The van der Waals surface area contributed by atoms with Gasteiger partial charge in [-0.2, -0.15) is 4.98 Å². The first-order valence-electron chi connectivity index (χ1n) is 9.89. The smallest absolute Gasteiger partial charge is 0.229 e. The van der Waals surface area contributed by atoms with E-state index in [2.05, 4.69) is 24.8 Å². The Hall–Kier alpha value is -3.23. The molecule has 0 bridgehead atoms. The van der Waals surface area contributed by atoms with Crippen LogP contribution in [0.4, 0.5) is 16.0 Å². The summed E-state index contributed by atoms with van der Waals surface area (Å²) in [4.78, 5) is 10.7. The normalized spacial score (nSPS) is 14.9. The SMILES string of the molecule is Cc1cn(-c2nc(Nc3ccc4c(ccn4C)c3)ncc2F)cc1CN1CC(O)C1. The summed E-state index contributed by atoms with van der Waals surface area (Å²) in [7, 11) is 2.00. The zero-order chi connectivity index (χ0) is 20.8. The first kappa shape index (κ1) is 18.8. The largest absolute Gasteiger partial charge is 0.390 e. The molecule has 30 heavy (non-hydrogen) atoms. The predicted octanol–water partition coefficient (Wildman–Crippen LogP) is 3.13. The number of halogens is 1. The molecule has 2 N–H and O–H groups in total. The molecule has 1 aliphatic rings. The van der Waals surface area contributed by atoms with E-state index in [4.69, 9.17) is 0 Å². The molecule has 0 unspecified atom stereocenters. The average Bonchev–Trinajstić information content (AvgIpc) is 3.25. The van der Waals surface area contributed by atoms with Crippen LogP contribution in [0.2, 0.25) is 0 Å². The summed E-state index contributed by atoms with van der Waals surface area (Å²) in [5.74, 6) is 0.0479. The lowest BCUT2D eigenvalue weighted by molar-refractivity contribution is -0.00295. The fourth-order valence-corrected chi connectivity index (χ4v) is 3.89. The van der Waals surface area contributed by atoms with Gasteiger partial charge < -0.3 is 19.6 Å². The molecule has 0 radical (unpaired) electrons. The number of nitrogens with one attached hydrogen (secondary N) is 1. The summed E-state index contributed by atoms with van der Waals surface area (Å²) in [6.45, 7) is 4.07. The number of β-amino-alcohol motifs (C(OH)–C–C–N with tert-alkyl or cyclic N) is 1. The minimum absolute atomic E-state index is 0.200. The van der Waals surface area contributed by atoms with Crippen LogP contribution in [0.1, 0.15) is 11.1 Å². The lowest BCUT2D eigenvalue weighted by Gasteiger charge is -2.35. The lowest BCUT2D eigenvalue weighted by atomic mass is 10.1. The molecule has 0 spiro atoms. The molecule has 4 aromatic rings. The molecule has 0 amide bonds. The van der Waals surface area contributed by atoms with Crippen molar-refractivity contribution < 1.29 is 9.50 Å². The van der Waals surface area contributed by atoms with Gasteiger partial charge in [-0.3, -0.25) is 4.90 Å². The molecule has 3 aromatic heterocycles. The van der Waals surface area contributed by atoms with E-state index in [1.165, 1.54) is 6.20 Å². The first-order valence-corrected chi connectivity index (χ1v) is 9.89. The van der Waals surface area contributed by atoms with Crippen molar-refractivity contribution in [3.63, 3.8) is 0 Å². The second-order valence-corrected chi connectivity index (χ2v) is 7.91. The van der Waals surface area contributed by atoms with Crippen LogP contribution < -0.4 is 5.32 Å². The van der Waals surface area contributed by atoms with Gasteiger partial charge in [0.15, 0.2) is 11.6 Å². The van der Waals surface area contributed by atoms with Gasteiger partial charge in [-0.25, -0.2) is 9.37 Å². The van der Waals surface area contributed by atoms with Crippen LogP contribution in [0.5, 0.6) is 0 Å². The summed E-state index contributed by atoms with van der Waals surface area (Å²) in [5, 5.41) is 13.8. The van der Waals surface area contributed by atoms with Crippen LogP contribution in [0.15, 0.2) is 49.1 Å². The molecule has 1 fully saturated rings. The van der Waals surface area contributed by atoms with Crippen molar-refractivity contribution in [1.82, 2.24) is 24.0 Å². The molecule has 0 aliphatic carbocycles. The highest BCUT2D eigenvalue weighted by Gasteiger charge is 2.25. The number of aliphatic hydroxyl groups is 1. The minimum atomic E-state index is -0.486. The van der Waals surface area contributed by atoms with Crippen molar-refractivity contribution in [2.45, 2.75) is 19.6 Å². The van der Waals surface area contributed by atoms with Crippen molar-refractivity contribution in [2.24, 2.45) is 7.05 Å². The van der Waals surface area contributed by atoms with Crippen molar-refractivity contribution in [3.05, 3.63) is 66.0 Å². The van der Waals surface area contributed by atoms with Gasteiger partial charge in [0.05, 0.1) is 12.3 Å². The Balaban J connectivity index is 1.40. The Kier molecular flexibility index (Phi) is 4.52. The van der Waals surface area contributed by atoms with Crippen molar-refractivity contribution in [3.8, 4) is 5.82 Å². The molecular weight excluding hydrogens is 383 g/mol. The Morgan fingerprint density at radius 3 is 2.87 bits per heavy atom. The summed E-state index contributed by atoms with van der Waals surface area (Å²) >= 11 is 0. The van der Waals surface area contributed by atoms with Gasteiger partial charge in [-0.15, -0.1) is 0 Å². The van der Waals surface area contributed by atoms with Crippen LogP contribution in [-0.4, -0.2) is 48.3 Å². The maximum Gasteiger partial charge on any atom is 0.229 e. The number of anilines is 2. The van der Waals surface area contributed by atoms with Crippen LogP contribution in [0.3, 0.4) is 0 Å². The Morgan fingerprint density at radius 2 is 2.07 bits per heavy atom. The highest BCUT2D eigenvalue weighted by Crippen LogP contribution is 2.24. The van der Waals surface area contributed by atoms with Crippen molar-refractivity contribution >= 4 is 22.5 Å². The molecule has 8 heteroatoms. The highest BCUT2D eigenvalue weighted by atomic mass is 19.1. The topological polar surface area (TPSA) is 71.1 Å². The lowest BCUT2D eigenvalue weighted by Crippen LogP contribution is -2.49. The Labute approximate surface area is 173 Å². The third kappa shape index (κ3) is 3.44. The van der Waals surface area contributed by atoms with Gasteiger partial charge in [0.25, 0.3) is 0 Å². The quantitative estimate of drug-likeness (QED) is 0.533. The van der Waals surface area contributed by atoms with Gasteiger partial charge >= 0.3 is 0 Å². The zero-order valence-corrected chi connectivity index (χ0v) is 16.9. The molecular formula is C22H23FN6O. The van der Waals surface area contributed by atoms with E-state index in [1.807, 2.05) is 56.8 Å². The predicted molar refractivity (Wildman–Crippen MR) is 114 cm³/mol. The fourth-order valence-electron chi connectivity index (χ4n) is 3.89. The van der Waals surface area contributed by atoms with Crippen molar-refractivity contribution in [1.29, 1.82) is 0 Å². The minimum Gasteiger partial charge on any atom is -0.390 e. The summed E-state index contributed by atoms with van der Waals surface area (Å²) < 4.78 is 18.3. The molecule has 7 nitrogen and oxygen atoms in total. The summed E-state index contributed by atoms with van der Waals surface area (Å²) in [6.07, 6.45) is 6.72. The second-order valence-electron chi connectivity index (χ2n) is 7.91. The van der Waals surface area contributed by atoms with Gasteiger partial charge in [0.1, 0.15) is 0 Å². The third-order valence-corrected chi connectivity index (χ3v) is 5.58. The molecule has 4 heterocycles. The fraction of sp³-hybridized carbons (Fsp3) is 0.273. The molecule has 1 aliphatic heterocycles. The average molecular weight is 406 g/mol. The molecule has 1 aromatic carbocycles. The van der Waals surface area contributed by atoms with Gasteiger partial charge in [0, 0.05) is 61.9 Å². The Morgan fingerprint density at radius 1 is 1.23 bits per heavy atom. The van der Waals surface area contributed by atoms with E-state index in [0.29, 0.717) is 19.0 Å². The molecule has 154 valence electrons. The van der Waals surface area contributed by atoms with Crippen molar-refractivity contribution in [2.75, 3.05) is 18.4 Å². The van der Waals surface area contributed by atoms with Gasteiger partial charge in [-0.1, -0.05) is 0 Å². The van der Waals surface area contributed by atoms with Gasteiger partial charge in [0.2, 0.25) is 5.95 Å². The number of hydrogen-bond acceptors (Lipinski definition) is 5. The number of fused-ring (bicyclic) bond motifs is 1. The van der Waals surface area contributed by atoms with E-state index in [1.54, 1.807) is 4.57 Å². The van der Waals surface area contributed by atoms with Crippen LogP contribution in [0, 0.1) is 12.7 Å². The number of hydrogen-bond donors (Lipinski definition) is 2. The van der Waals surface area contributed by atoms with E-state index in [9.17, 15) is 9.50 Å². The standard InChI is InChI=1S/C22H23FN6O/c1-14-9-29(11-16(14)10-28-12-18(30)13-28)21-19(23)8-24-22(26-21)25-17-3-4-20-15(7-17)5-6-27(20)2/h3-9,11,18,30H,10,12-13H2,1-2H3,(H,24,25,26). The van der Waals surface area contributed by atoms with Crippen LogP contribution >= 0.6 is 0 Å². The number of likely N-dealkylation sites (tertiary alicyclic amines) is 1. The number of rotatable bonds is 5. The summed E-state index contributed by atoms with van der Waals surface area (Å²) in [5.41, 5.74) is 4.11. The molecule has 0 atom stereocenters. The maximum atomic E-state index is 14.5. The number of benzene rings is 1. The molecule has 1 saturated heterocycles. The maximum absolute atomic E-state index is 14.5. The molecule has 0 saturated carbocycles. The monoisotopic (exact) mass is 406 g/mol. The van der Waals surface area contributed by atoms with Crippen LogP contribution in [0.25, 0.3) is 16.7 Å². The number of aryl methyl sites for hydroxylation is 2. The second kappa shape index (κ2) is 7.23. The third-order valence-electron chi connectivity index (χ3n) is 5.58. The molecule has 5 rings (SSSR count). The number of aromatic nitrogens is 4. The zero-order valence-electron chi connectivity index (χ0n) is 16.9.